The van der Waals surface area contributed by atoms with E-state index in [2.05, 4.69) is 4.98 Å². The molecule has 2 aromatic rings. The number of hydrogen-bond acceptors (Lipinski definition) is 4. The van der Waals surface area contributed by atoms with Gasteiger partial charge in [0.05, 0.1) is 0 Å². The highest BCUT2D eigenvalue weighted by molar-refractivity contribution is 5.89. The van der Waals surface area contributed by atoms with Crippen molar-refractivity contribution in [3.8, 4) is 17.8 Å². The molecule has 68 valence electrons. The standard InChI is InChI=1S/C10H6N2O2/c11-6-14-9-4-3-8(13)10-7(9)2-1-5-12-10/h1-5,13H. The average molecular weight is 186 g/mol. The number of benzene rings is 1. The molecular formula is C10H6N2O2. The Labute approximate surface area is 80.0 Å². The number of pyridine rings is 1. The zero-order valence-electron chi connectivity index (χ0n) is 7.14. The quantitative estimate of drug-likeness (QED) is 0.689. The summed E-state index contributed by atoms with van der Waals surface area (Å²) < 4.78 is 4.73. The Morgan fingerprint density at radius 3 is 3.00 bits per heavy atom. The first kappa shape index (κ1) is 8.32. The van der Waals surface area contributed by atoms with E-state index in [1.807, 2.05) is 0 Å². The normalized spacial score (nSPS) is 9.64. The molecule has 0 atom stereocenters. The number of nitrogens with zero attached hydrogens (tertiary/aromatic N) is 2. The number of aromatic nitrogens is 1. The Balaban J connectivity index is 2.76. The van der Waals surface area contributed by atoms with Gasteiger partial charge in [-0.05, 0) is 24.3 Å². The predicted molar refractivity (Wildman–Crippen MR) is 49.6 cm³/mol. The Kier molecular flexibility index (Phi) is 1.92. The zero-order chi connectivity index (χ0) is 9.97. The van der Waals surface area contributed by atoms with Crippen LogP contribution in [-0.2, 0) is 0 Å². The SMILES string of the molecule is N#COc1ccc(O)c2ncccc12. The third-order valence-electron chi connectivity index (χ3n) is 1.86. The second kappa shape index (κ2) is 3.23. The van der Waals surface area contributed by atoms with Crippen molar-refractivity contribution in [3.05, 3.63) is 30.5 Å². The minimum Gasteiger partial charge on any atom is -0.506 e. The van der Waals surface area contributed by atoms with Crippen LogP contribution in [0.2, 0.25) is 0 Å². The molecule has 0 amide bonds. The number of phenolic OH excluding ortho intramolecular Hbond substituents is 1. The van der Waals surface area contributed by atoms with Crippen LogP contribution in [0.1, 0.15) is 0 Å². The molecule has 4 heteroatoms. The molecule has 0 saturated carbocycles. The molecule has 0 aliphatic heterocycles. The van der Waals surface area contributed by atoms with E-state index in [4.69, 9.17) is 10.00 Å². The van der Waals surface area contributed by atoms with E-state index in [1.165, 1.54) is 12.1 Å². The fourth-order valence-electron chi connectivity index (χ4n) is 1.27. The number of hydrogen-bond donors (Lipinski definition) is 1. The van der Waals surface area contributed by atoms with Gasteiger partial charge in [-0.2, -0.15) is 0 Å². The number of rotatable bonds is 1. The van der Waals surface area contributed by atoms with Crippen molar-refractivity contribution in [2.75, 3.05) is 0 Å². The molecule has 0 saturated heterocycles. The summed E-state index contributed by atoms with van der Waals surface area (Å²) in [5.74, 6) is 0.472. The minimum atomic E-state index is 0.0749. The van der Waals surface area contributed by atoms with Gasteiger partial charge in [-0.1, -0.05) is 0 Å². The molecule has 0 aliphatic carbocycles. The zero-order valence-corrected chi connectivity index (χ0v) is 7.14. The van der Waals surface area contributed by atoms with Gasteiger partial charge in [0.1, 0.15) is 11.3 Å². The second-order valence-corrected chi connectivity index (χ2v) is 2.68. The third-order valence-corrected chi connectivity index (χ3v) is 1.86. The highest BCUT2D eigenvalue weighted by atomic mass is 16.5. The van der Waals surface area contributed by atoms with Gasteiger partial charge >= 0.3 is 0 Å². The largest absolute Gasteiger partial charge is 0.506 e. The average Bonchev–Trinajstić information content (AvgIpc) is 2.23. The second-order valence-electron chi connectivity index (χ2n) is 2.68. The molecule has 0 aliphatic rings. The first-order valence-corrected chi connectivity index (χ1v) is 3.95. The van der Waals surface area contributed by atoms with Gasteiger partial charge < -0.3 is 9.84 Å². The molecule has 0 spiro atoms. The Morgan fingerprint density at radius 1 is 1.36 bits per heavy atom. The lowest BCUT2D eigenvalue weighted by Gasteiger charge is -2.02. The highest BCUT2D eigenvalue weighted by Gasteiger charge is 2.06. The fourth-order valence-corrected chi connectivity index (χ4v) is 1.27. The number of nitriles is 1. The summed E-state index contributed by atoms with van der Waals surface area (Å²) in [5, 5.41) is 18.5. The molecule has 14 heavy (non-hydrogen) atoms. The Morgan fingerprint density at radius 2 is 2.21 bits per heavy atom. The van der Waals surface area contributed by atoms with Crippen LogP contribution in [0.3, 0.4) is 0 Å². The van der Waals surface area contributed by atoms with E-state index in [-0.39, 0.29) is 5.75 Å². The third kappa shape index (κ3) is 1.21. The van der Waals surface area contributed by atoms with Crippen LogP contribution in [-0.4, -0.2) is 10.1 Å². The maximum absolute atomic E-state index is 9.46. The van der Waals surface area contributed by atoms with Crippen molar-refractivity contribution < 1.29 is 9.84 Å². The number of phenols is 1. The molecule has 1 aromatic carbocycles. The number of aromatic hydroxyl groups is 1. The van der Waals surface area contributed by atoms with Crippen molar-refractivity contribution in [3.63, 3.8) is 0 Å². The summed E-state index contributed by atoms with van der Waals surface area (Å²) in [6, 6.07) is 6.42. The molecule has 2 rings (SSSR count). The maximum atomic E-state index is 9.46. The van der Waals surface area contributed by atoms with E-state index < -0.39 is 0 Å². The first-order chi connectivity index (χ1) is 6.83. The van der Waals surface area contributed by atoms with Crippen molar-refractivity contribution in [1.29, 1.82) is 5.26 Å². The number of fused-ring (bicyclic) bond motifs is 1. The highest BCUT2D eigenvalue weighted by Crippen LogP contribution is 2.30. The molecule has 1 N–H and O–H groups in total. The smallest absolute Gasteiger partial charge is 0.292 e. The molecule has 0 bridgehead atoms. The van der Waals surface area contributed by atoms with Gasteiger partial charge in [0.2, 0.25) is 0 Å². The van der Waals surface area contributed by atoms with E-state index in [1.54, 1.807) is 24.6 Å². The Bertz CT molecular complexity index is 517. The maximum Gasteiger partial charge on any atom is 0.292 e. The van der Waals surface area contributed by atoms with Gasteiger partial charge in [-0.25, -0.2) is 0 Å². The summed E-state index contributed by atoms with van der Waals surface area (Å²) in [4.78, 5) is 3.98. The van der Waals surface area contributed by atoms with E-state index in [0.29, 0.717) is 16.7 Å². The van der Waals surface area contributed by atoms with Crippen molar-refractivity contribution in [2.24, 2.45) is 0 Å². The van der Waals surface area contributed by atoms with E-state index >= 15 is 0 Å². The number of ether oxygens (including phenoxy) is 1. The van der Waals surface area contributed by atoms with Gasteiger partial charge in [0.15, 0.2) is 5.75 Å². The van der Waals surface area contributed by atoms with Crippen LogP contribution < -0.4 is 4.74 Å². The first-order valence-electron chi connectivity index (χ1n) is 3.95. The molecule has 1 aromatic heterocycles. The summed E-state index contributed by atoms with van der Waals surface area (Å²) >= 11 is 0. The van der Waals surface area contributed by atoms with Gasteiger partial charge in [0.25, 0.3) is 6.26 Å². The van der Waals surface area contributed by atoms with Crippen LogP contribution in [0, 0.1) is 11.5 Å². The lowest BCUT2D eigenvalue weighted by atomic mass is 10.2. The molecular weight excluding hydrogens is 180 g/mol. The van der Waals surface area contributed by atoms with Crippen LogP contribution in [0.15, 0.2) is 30.5 Å². The summed E-state index contributed by atoms with van der Waals surface area (Å²) in [7, 11) is 0. The van der Waals surface area contributed by atoms with Gasteiger partial charge in [0, 0.05) is 11.6 Å². The topological polar surface area (TPSA) is 66.1 Å². The van der Waals surface area contributed by atoms with Crippen LogP contribution in [0.25, 0.3) is 10.9 Å². The van der Waals surface area contributed by atoms with Crippen molar-refractivity contribution in [1.82, 2.24) is 4.98 Å². The van der Waals surface area contributed by atoms with Crippen LogP contribution in [0.4, 0.5) is 0 Å². The fraction of sp³-hybridized carbons (Fsp3) is 0. The molecule has 0 radical (unpaired) electrons. The lowest BCUT2D eigenvalue weighted by Crippen LogP contribution is -1.86. The Hall–Kier alpha value is -2.28. The summed E-state index contributed by atoms with van der Waals surface area (Å²) in [5.41, 5.74) is 0.431. The van der Waals surface area contributed by atoms with E-state index in [9.17, 15) is 5.11 Å². The minimum absolute atomic E-state index is 0.0749. The summed E-state index contributed by atoms with van der Waals surface area (Å²) in [6.45, 7) is 0. The van der Waals surface area contributed by atoms with Crippen molar-refractivity contribution >= 4 is 10.9 Å². The van der Waals surface area contributed by atoms with Gasteiger partial charge in [-0.3, -0.25) is 4.98 Å². The molecule has 0 fully saturated rings. The molecule has 0 unspecified atom stereocenters. The van der Waals surface area contributed by atoms with Crippen LogP contribution in [0.5, 0.6) is 11.5 Å². The molecule has 1 heterocycles. The predicted octanol–water partition coefficient (Wildman–Crippen LogP) is 1.80. The van der Waals surface area contributed by atoms with Crippen molar-refractivity contribution in [2.45, 2.75) is 0 Å². The summed E-state index contributed by atoms with van der Waals surface area (Å²) in [6.07, 6.45) is 3.15. The molecule has 4 nitrogen and oxygen atoms in total. The van der Waals surface area contributed by atoms with Gasteiger partial charge in [-0.15, -0.1) is 5.26 Å². The van der Waals surface area contributed by atoms with E-state index in [0.717, 1.165) is 0 Å². The monoisotopic (exact) mass is 186 g/mol. The lowest BCUT2D eigenvalue weighted by molar-refractivity contribution is 0.476. The van der Waals surface area contributed by atoms with Crippen LogP contribution >= 0.6 is 0 Å².